The Bertz CT molecular complexity index is 844. The molecule has 1 aromatic carbocycles. The Kier molecular flexibility index (Phi) is 6.92. The topological polar surface area (TPSA) is 77.2 Å². The maximum Gasteiger partial charge on any atom is 0.255 e. The predicted octanol–water partition coefficient (Wildman–Crippen LogP) is 3.05. The number of nitrogens with zero attached hydrogens (tertiary/aromatic N) is 1. The van der Waals surface area contributed by atoms with Gasteiger partial charge in [0.25, 0.3) is 5.91 Å². The molecule has 26 heavy (non-hydrogen) atoms. The number of ether oxygens (including phenoxy) is 1. The molecule has 7 heteroatoms. The summed E-state index contributed by atoms with van der Waals surface area (Å²) in [6.07, 6.45) is 1.71. The number of nitrogens with one attached hydrogen (secondary N) is 1. The van der Waals surface area contributed by atoms with Gasteiger partial charge < -0.3 is 15.8 Å². The lowest BCUT2D eigenvalue weighted by atomic mass is 10.2. The molecule has 136 valence electrons. The first-order chi connectivity index (χ1) is 12.5. The van der Waals surface area contributed by atoms with Crippen molar-refractivity contribution in [1.82, 2.24) is 10.3 Å². The molecule has 0 atom stereocenters. The Morgan fingerprint density at radius 1 is 1.27 bits per heavy atom. The van der Waals surface area contributed by atoms with Gasteiger partial charge in [-0.2, -0.15) is 4.39 Å². The zero-order valence-corrected chi connectivity index (χ0v) is 14.3. The van der Waals surface area contributed by atoms with Gasteiger partial charge in [0, 0.05) is 18.5 Å². The van der Waals surface area contributed by atoms with Crippen LogP contribution in [0.15, 0.2) is 30.3 Å². The minimum atomic E-state index is -0.781. The van der Waals surface area contributed by atoms with Crippen molar-refractivity contribution in [2.45, 2.75) is 26.3 Å². The maximum absolute atomic E-state index is 14.4. The van der Waals surface area contributed by atoms with E-state index in [0.717, 1.165) is 18.9 Å². The van der Waals surface area contributed by atoms with Crippen molar-refractivity contribution >= 4 is 11.7 Å². The molecule has 0 bridgehead atoms. The standard InChI is InChI=1S/C19H19F2N3O2/c1-2-3-4-5-11-26-15-8-6-7-13(17(15)21)12-23-19(25)14-9-10-16(20)24-18(14)22/h6-10H,2-3,11-12H2,1H3,(H2,22,24)(H,23,25). The third-order valence-corrected chi connectivity index (χ3v) is 3.42. The van der Waals surface area contributed by atoms with Gasteiger partial charge in [-0.15, -0.1) is 0 Å². The first kappa shape index (κ1) is 19.2. The van der Waals surface area contributed by atoms with Crippen LogP contribution < -0.4 is 15.8 Å². The smallest absolute Gasteiger partial charge is 0.255 e. The summed E-state index contributed by atoms with van der Waals surface area (Å²) < 4.78 is 32.7. The zero-order chi connectivity index (χ0) is 18.9. The summed E-state index contributed by atoms with van der Waals surface area (Å²) in [5.74, 6) is 3.61. The molecule has 0 saturated carbocycles. The molecule has 2 rings (SSSR count). The second-order valence-electron chi connectivity index (χ2n) is 5.37. The van der Waals surface area contributed by atoms with Crippen molar-refractivity contribution in [1.29, 1.82) is 0 Å². The van der Waals surface area contributed by atoms with Crippen LogP contribution in [0.25, 0.3) is 0 Å². The molecule has 2 aromatic rings. The van der Waals surface area contributed by atoms with Gasteiger partial charge in [-0.3, -0.25) is 4.79 Å². The fourth-order valence-corrected chi connectivity index (χ4v) is 2.10. The predicted molar refractivity (Wildman–Crippen MR) is 94.4 cm³/mol. The van der Waals surface area contributed by atoms with Gasteiger partial charge in [-0.25, -0.2) is 9.37 Å². The Balaban J connectivity index is 2.00. The number of pyridine rings is 1. The third kappa shape index (κ3) is 5.18. The van der Waals surface area contributed by atoms with E-state index in [1.165, 1.54) is 18.2 Å². The van der Waals surface area contributed by atoms with Crippen molar-refractivity contribution in [2.24, 2.45) is 0 Å². The second kappa shape index (κ2) is 9.37. The maximum atomic E-state index is 14.4. The molecule has 3 N–H and O–H groups in total. The summed E-state index contributed by atoms with van der Waals surface area (Å²) in [6.45, 7) is 2.02. The first-order valence-corrected chi connectivity index (χ1v) is 8.09. The van der Waals surface area contributed by atoms with Crippen LogP contribution in [0, 0.1) is 23.6 Å². The number of hydrogen-bond donors (Lipinski definition) is 2. The number of nitrogen functional groups attached to an aromatic ring is 1. The molecular formula is C19H19F2N3O2. The van der Waals surface area contributed by atoms with E-state index in [1.807, 2.05) is 6.92 Å². The van der Waals surface area contributed by atoms with Crippen molar-refractivity contribution in [3.05, 3.63) is 53.2 Å². The fraction of sp³-hybridized carbons (Fsp3) is 0.263. The molecular weight excluding hydrogens is 340 g/mol. The lowest BCUT2D eigenvalue weighted by Crippen LogP contribution is -2.24. The summed E-state index contributed by atoms with van der Waals surface area (Å²) in [7, 11) is 0. The number of hydrogen-bond acceptors (Lipinski definition) is 4. The van der Waals surface area contributed by atoms with Gasteiger partial charge >= 0.3 is 0 Å². The SMILES string of the molecule is CCCC#CCOc1cccc(CNC(=O)c2ccc(F)nc2N)c1F. The minimum absolute atomic E-state index is 0.0189. The summed E-state index contributed by atoms with van der Waals surface area (Å²) in [6, 6.07) is 6.88. The van der Waals surface area contributed by atoms with Gasteiger partial charge in [0.15, 0.2) is 11.6 Å². The van der Waals surface area contributed by atoms with Gasteiger partial charge in [-0.1, -0.05) is 30.9 Å². The van der Waals surface area contributed by atoms with Crippen LogP contribution in [-0.4, -0.2) is 17.5 Å². The van der Waals surface area contributed by atoms with Crippen LogP contribution in [-0.2, 0) is 6.54 Å². The molecule has 0 aliphatic carbocycles. The highest BCUT2D eigenvalue weighted by atomic mass is 19.1. The van der Waals surface area contributed by atoms with Crippen molar-refractivity contribution in [2.75, 3.05) is 12.3 Å². The highest BCUT2D eigenvalue weighted by Gasteiger charge is 2.14. The molecule has 0 aliphatic rings. The number of anilines is 1. The van der Waals surface area contributed by atoms with Crippen LogP contribution in [0.5, 0.6) is 5.75 Å². The van der Waals surface area contributed by atoms with Gasteiger partial charge in [0.05, 0.1) is 5.56 Å². The Morgan fingerprint density at radius 2 is 2.08 bits per heavy atom. The molecule has 1 aromatic heterocycles. The summed E-state index contributed by atoms with van der Waals surface area (Å²) in [5.41, 5.74) is 5.78. The molecule has 1 amide bonds. The fourth-order valence-electron chi connectivity index (χ4n) is 2.10. The van der Waals surface area contributed by atoms with E-state index in [0.29, 0.717) is 0 Å². The average molecular weight is 359 g/mol. The van der Waals surface area contributed by atoms with Crippen LogP contribution in [0.4, 0.5) is 14.6 Å². The Hall–Kier alpha value is -3.14. The Labute approximate surface area is 150 Å². The summed E-state index contributed by atoms with van der Waals surface area (Å²) in [4.78, 5) is 15.5. The van der Waals surface area contributed by atoms with E-state index < -0.39 is 17.7 Å². The van der Waals surface area contributed by atoms with E-state index in [2.05, 4.69) is 22.1 Å². The monoisotopic (exact) mass is 359 g/mol. The van der Waals surface area contributed by atoms with E-state index in [4.69, 9.17) is 10.5 Å². The van der Waals surface area contributed by atoms with Crippen LogP contribution in [0.2, 0.25) is 0 Å². The lowest BCUT2D eigenvalue weighted by Gasteiger charge is -2.10. The molecule has 1 heterocycles. The van der Waals surface area contributed by atoms with E-state index in [1.54, 1.807) is 6.07 Å². The summed E-state index contributed by atoms with van der Waals surface area (Å²) in [5, 5.41) is 2.52. The number of amides is 1. The van der Waals surface area contributed by atoms with Gasteiger partial charge in [0.2, 0.25) is 5.95 Å². The highest BCUT2D eigenvalue weighted by Crippen LogP contribution is 2.20. The van der Waals surface area contributed by atoms with Crippen molar-refractivity contribution in [3.63, 3.8) is 0 Å². The normalized spacial score (nSPS) is 9.96. The van der Waals surface area contributed by atoms with Gasteiger partial charge in [0.1, 0.15) is 12.4 Å². The molecule has 0 unspecified atom stereocenters. The molecule has 0 saturated heterocycles. The molecule has 0 radical (unpaired) electrons. The molecule has 0 spiro atoms. The summed E-state index contributed by atoms with van der Waals surface area (Å²) >= 11 is 0. The molecule has 0 fully saturated rings. The van der Waals surface area contributed by atoms with Crippen LogP contribution in [0.1, 0.15) is 35.7 Å². The van der Waals surface area contributed by atoms with Crippen LogP contribution >= 0.6 is 0 Å². The number of rotatable bonds is 6. The van der Waals surface area contributed by atoms with E-state index in [-0.39, 0.29) is 35.8 Å². The highest BCUT2D eigenvalue weighted by molar-refractivity contribution is 5.98. The van der Waals surface area contributed by atoms with E-state index in [9.17, 15) is 13.6 Å². The molecule has 5 nitrogen and oxygen atoms in total. The number of halogens is 2. The average Bonchev–Trinajstić information content (AvgIpc) is 2.61. The van der Waals surface area contributed by atoms with E-state index >= 15 is 0 Å². The quantitative estimate of drug-likeness (QED) is 0.614. The number of carbonyl (C=O) groups is 1. The number of nitrogens with two attached hydrogens (primary N) is 1. The second-order valence-corrected chi connectivity index (χ2v) is 5.37. The minimum Gasteiger partial charge on any atom is -0.478 e. The van der Waals surface area contributed by atoms with Crippen molar-refractivity contribution < 1.29 is 18.3 Å². The zero-order valence-electron chi connectivity index (χ0n) is 14.3. The van der Waals surface area contributed by atoms with Crippen molar-refractivity contribution in [3.8, 4) is 17.6 Å². The lowest BCUT2D eigenvalue weighted by molar-refractivity contribution is 0.0951. The van der Waals surface area contributed by atoms with Crippen LogP contribution in [0.3, 0.4) is 0 Å². The molecule has 0 aliphatic heterocycles. The number of benzene rings is 1. The Morgan fingerprint density at radius 3 is 2.81 bits per heavy atom. The number of aromatic nitrogens is 1. The third-order valence-electron chi connectivity index (χ3n) is 3.42. The van der Waals surface area contributed by atoms with Gasteiger partial charge in [-0.05, 0) is 24.6 Å². The first-order valence-electron chi connectivity index (χ1n) is 8.09. The largest absolute Gasteiger partial charge is 0.478 e. The number of carbonyl (C=O) groups excluding carboxylic acids is 1. The number of unbranched alkanes of at least 4 members (excludes halogenated alkanes) is 1.